The predicted molar refractivity (Wildman–Crippen MR) is 79.5 cm³/mol. The second-order valence-corrected chi connectivity index (χ2v) is 5.09. The van der Waals surface area contributed by atoms with E-state index < -0.39 is 0 Å². The third kappa shape index (κ3) is 3.62. The Balaban J connectivity index is 2.19. The maximum atomic E-state index is 13.2. The van der Waals surface area contributed by atoms with Gasteiger partial charge in [0.05, 0.1) is 0 Å². The van der Waals surface area contributed by atoms with Gasteiger partial charge in [0.25, 0.3) is 0 Å². The lowest BCUT2D eigenvalue weighted by molar-refractivity contribution is 0.626. The zero-order valence-electron chi connectivity index (χ0n) is 10.5. The molecule has 0 bridgehead atoms. The van der Waals surface area contributed by atoms with E-state index in [2.05, 4.69) is 0 Å². The average molecular weight is 298 g/mol. The molecule has 100 valence electrons. The number of hydrogen-bond donors (Lipinski definition) is 0. The number of halogens is 3. The highest BCUT2D eigenvalue weighted by Crippen LogP contribution is 2.24. The molecular formula is C15H14Cl2FN. The van der Waals surface area contributed by atoms with E-state index in [0.717, 1.165) is 21.8 Å². The molecule has 2 aromatic rings. The second-order valence-electron chi connectivity index (χ2n) is 4.39. The summed E-state index contributed by atoms with van der Waals surface area (Å²) in [6, 6.07) is 12.3. The van der Waals surface area contributed by atoms with Crippen LogP contribution in [0.3, 0.4) is 0 Å². The van der Waals surface area contributed by atoms with E-state index in [-0.39, 0.29) is 11.7 Å². The van der Waals surface area contributed by atoms with Crippen LogP contribution in [0, 0.1) is 5.82 Å². The van der Waals surface area contributed by atoms with Crippen molar-refractivity contribution in [3.05, 3.63) is 64.4 Å². The molecule has 0 amide bonds. The van der Waals surface area contributed by atoms with E-state index in [1.54, 1.807) is 6.07 Å². The summed E-state index contributed by atoms with van der Waals surface area (Å²) in [7, 11) is 1.96. The Kier molecular flexibility index (Phi) is 4.67. The first kappa shape index (κ1) is 14.2. The lowest BCUT2D eigenvalue weighted by atomic mass is 10.1. The van der Waals surface area contributed by atoms with Crippen molar-refractivity contribution in [1.82, 2.24) is 0 Å². The number of anilines is 1. The molecule has 4 heteroatoms. The first-order valence-electron chi connectivity index (χ1n) is 5.90. The highest BCUT2D eigenvalue weighted by molar-refractivity contribution is 6.30. The first-order chi connectivity index (χ1) is 9.10. The third-order valence-electron chi connectivity index (χ3n) is 2.93. The van der Waals surface area contributed by atoms with Gasteiger partial charge in [-0.05, 0) is 41.5 Å². The standard InChI is InChI=1S/C15H14Cl2FN/c1-19(10-11-2-4-13(17)5-3-11)15-7-6-14(18)8-12(15)9-16/h2-8H,9-10H2,1H3. The van der Waals surface area contributed by atoms with Crippen molar-refractivity contribution in [3.63, 3.8) is 0 Å². The fourth-order valence-corrected chi connectivity index (χ4v) is 2.32. The zero-order valence-corrected chi connectivity index (χ0v) is 12.0. The van der Waals surface area contributed by atoms with Crippen molar-refractivity contribution in [2.75, 3.05) is 11.9 Å². The van der Waals surface area contributed by atoms with Gasteiger partial charge in [-0.25, -0.2) is 4.39 Å². The van der Waals surface area contributed by atoms with Gasteiger partial charge in [0.15, 0.2) is 0 Å². The SMILES string of the molecule is CN(Cc1ccc(Cl)cc1)c1ccc(F)cc1CCl. The van der Waals surface area contributed by atoms with E-state index in [4.69, 9.17) is 23.2 Å². The predicted octanol–water partition coefficient (Wildman–Crippen LogP) is 4.85. The summed E-state index contributed by atoms with van der Waals surface area (Å²) in [5.41, 5.74) is 2.86. The van der Waals surface area contributed by atoms with Crippen molar-refractivity contribution in [2.24, 2.45) is 0 Å². The van der Waals surface area contributed by atoms with Gasteiger partial charge < -0.3 is 4.90 Å². The van der Waals surface area contributed by atoms with Crippen LogP contribution in [0.25, 0.3) is 0 Å². The summed E-state index contributed by atoms with van der Waals surface area (Å²) >= 11 is 11.7. The van der Waals surface area contributed by atoms with Crippen molar-refractivity contribution in [2.45, 2.75) is 12.4 Å². The first-order valence-corrected chi connectivity index (χ1v) is 6.81. The van der Waals surface area contributed by atoms with E-state index >= 15 is 0 Å². The highest BCUT2D eigenvalue weighted by Gasteiger charge is 2.08. The van der Waals surface area contributed by atoms with Gasteiger partial charge in [0.1, 0.15) is 5.82 Å². The van der Waals surface area contributed by atoms with E-state index in [1.165, 1.54) is 12.1 Å². The van der Waals surface area contributed by atoms with Gasteiger partial charge in [-0.1, -0.05) is 23.7 Å². The van der Waals surface area contributed by atoms with Crippen LogP contribution in [-0.2, 0) is 12.4 Å². The summed E-state index contributed by atoms with van der Waals surface area (Å²) in [6.45, 7) is 0.715. The van der Waals surface area contributed by atoms with Gasteiger partial charge in [0.2, 0.25) is 0 Å². The minimum Gasteiger partial charge on any atom is -0.370 e. The van der Waals surface area contributed by atoms with Crippen LogP contribution in [0.4, 0.5) is 10.1 Å². The highest BCUT2D eigenvalue weighted by atomic mass is 35.5. The van der Waals surface area contributed by atoms with Crippen molar-refractivity contribution >= 4 is 28.9 Å². The van der Waals surface area contributed by atoms with E-state index in [1.807, 2.05) is 36.2 Å². The minimum absolute atomic E-state index is 0.265. The third-order valence-corrected chi connectivity index (χ3v) is 3.47. The quantitative estimate of drug-likeness (QED) is 0.729. The molecule has 0 N–H and O–H groups in total. The summed E-state index contributed by atoms with van der Waals surface area (Å²) in [5, 5.41) is 0.717. The number of rotatable bonds is 4. The molecule has 0 unspecified atom stereocenters. The lowest BCUT2D eigenvalue weighted by Crippen LogP contribution is -2.17. The molecule has 2 aromatic carbocycles. The Hall–Kier alpha value is -1.25. The maximum absolute atomic E-state index is 13.2. The Morgan fingerprint density at radius 3 is 2.42 bits per heavy atom. The Morgan fingerprint density at radius 1 is 1.11 bits per heavy atom. The Bertz CT molecular complexity index is 555. The van der Waals surface area contributed by atoms with E-state index in [9.17, 15) is 4.39 Å². The molecular weight excluding hydrogens is 284 g/mol. The largest absolute Gasteiger partial charge is 0.370 e. The van der Waals surface area contributed by atoms with Crippen molar-refractivity contribution in [1.29, 1.82) is 0 Å². The van der Waals surface area contributed by atoms with Gasteiger partial charge in [0, 0.05) is 30.2 Å². The van der Waals surface area contributed by atoms with Crippen LogP contribution in [-0.4, -0.2) is 7.05 Å². The van der Waals surface area contributed by atoms with Gasteiger partial charge in [-0.2, -0.15) is 0 Å². The summed E-state index contributed by atoms with van der Waals surface area (Å²) in [6.07, 6.45) is 0. The Labute approximate surface area is 122 Å². The molecule has 2 rings (SSSR count). The molecule has 0 aliphatic carbocycles. The molecule has 1 nitrogen and oxygen atoms in total. The van der Waals surface area contributed by atoms with Crippen LogP contribution in [0.5, 0.6) is 0 Å². The number of benzene rings is 2. The number of hydrogen-bond acceptors (Lipinski definition) is 1. The molecule has 0 atom stereocenters. The second kappa shape index (κ2) is 6.27. The van der Waals surface area contributed by atoms with E-state index in [0.29, 0.717) is 6.54 Å². The number of nitrogens with zero attached hydrogens (tertiary/aromatic N) is 1. The summed E-state index contributed by atoms with van der Waals surface area (Å²) in [5.74, 6) is 0.0252. The fraction of sp³-hybridized carbons (Fsp3) is 0.200. The molecule has 0 saturated carbocycles. The van der Waals surface area contributed by atoms with Crippen LogP contribution in [0.15, 0.2) is 42.5 Å². The average Bonchev–Trinajstić information content (AvgIpc) is 2.41. The monoisotopic (exact) mass is 297 g/mol. The molecule has 0 heterocycles. The fourth-order valence-electron chi connectivity index (χ4n) is 1.98. The van der Waals surface area contributed by atoms with Crippen LogP contribution < -0.4 is 4.90 Å². The minimum atomic E-state index is -0.265. The van der Waals surface area contributed by atoms with Crippen LogP contribution in [0.2, 0.25) is 5.02 Å². The molecule has 0 radical (unpaired) electrons. The molecule has 0 aliphatic heterocycles. The molecule has 0 spiro atoms. The maximum Gasteiger partial charge on any atom is 0.123 e. The smallest absolute Gasteiger partial charge is 0.123 e. The Morgan fingerprint density at radius 2 is 1.79 bits per heavy atom. The zero-order chi connectivity index (χ0) is 13.8. The number of alkyl halides is 1. The topological polar surface area (TPSA) is 3.24 Å². The molecule has 0 aromatic heterocycles. The molecule has 19 heavy (non-hydrogen) atoms. The van der Waals surface area contributed by atoms with Crippen LogP contribution in [0.1, 0.15) is 11.1 Å². The normalized spacial score (nSPS) is 10.5. The van der Waals surface area contributed by atoms with Gasteiger partial charge in [-0.3, -0.25) is 0 Å². The molecule has 0 saturated heterocycles. The molecule has 0 fully saturated rings. The van der Waals surface area contributed by atoms with Crippen molar-refractivity contribution < 1.29 is 4.39 Å². The summed E-state index contributed by atoms with van der Waals surface area (Å²) < 4.78 is 13.2. The lowest BCUT2D eigenvalue weighted by Gasteiger charge is -2.22. The van der Waals surface area contributed by atoms with Crippen LogP contribution >= 0.6 is 23.2 Å². The van der Waals surface area contributed by atoms with Gasteiger partial charge >= 0.3 is 0 Å². The van der Waals surface area contributed by atoms with Gasteiger partial charge in [-0.15, -0.1) is 11.6 Å². The summed E-state index contributed by atoms with van der Waals surface area (Å²) in [4.78, 5) is 2.04. The molecule has 0 aliphatic rings. The van der Waals surface area contributed by atoms with Crippen molar-refractivity contribution in [3.8, 4) is 0 Å².